The molecule has 0 aliphatic carbocycles. The van der Waals surface area contributed by atoms with Crippen molar-refractivity contribution in [1.29, 1.82) is 0 Å². The van der Waals surface area contributed by atoms with Crippen molar-refractivity contribution in [3.8, 4) is 11.5 Å². The van der Waals surface area contributed by atoms with Crippen molar-refractivity contribution in [2.75, 3.05) is 39.3 Å². The molecule has 0 bridgehead atoms. The van der Waals surface area contributed by atoms with Crippen molar-refractivity contribution in [1.82, 2.24) is 4.90 Å². The van der Waals surface area contributed by atoms with Crippen LogP contribution in [0.1, 0.15) is 10.4 Å². The number of benzene rings is 1. The molecule has 1 heterocycles. The molecule has 5 heteroatoms. The zero-order valence-electron chi connectivity index (χ0n) is 11.5. The van der Waals surface area contributed by atoms with Crippen LogP contribution < -0.4 is 9.47 Å². The number of Topliss-reactive ketones (excluding diaryl/α,β-unsaturated/α-hetero) is 1. The van der Waals surface area contributed by atoms with E-state index in [1.807, 2.05) is 18.8 Å². The van der Waals surface area contributed by atoms with Crippen LogP contribution in [0.4, 0.5) is 0 Å². The minimum Gasteiger partial charge on any atom is -0.493 e. The second kappa shape index (κ2) is 6.30. The van der Waals surface area contributed by atoms with Crippen LogP contribution in [0.2, 0.25) is 0 Å². The second-order valence-electron chi connectivity index (χ2n) is 4.51. The number of thioether (sulfide) groups is 1. The van der Waals surface area contributed by atoms with Gasteiger partial charge in [-0.1, -0.05) is 0 Å². The van der Waals surface area contributed by atoms with Crippen LogP contribution in [0.15, 0.2) is 18.2 Å². The summed E-state index contributed by atoms with van der Waals surface area (Å²) in [4.78, 5) is 14.6. The Morgan fingerprint density at radius 2 is 2.05 bits per heavy atom. The Labute approximate surface area is 118 Å². The summed E-state index contributed by atoms with van der Waals surface area (Å²) < 4.78 is 10.4. The highest BCUT2D eigenvalue weighted by molar-refractivity contribution is 7.99. The number of ketones is 1. The summed E-state index contributed by atoms with van der Waals surface area (Å²) in [5, 5.41) is 0. The van der Waals surface area contributed by atoms with Gasteiger partial charge in [0.05, 0.1) is 20.3 Å². The molecule has 0 N–H and O–H groups in total. The topological polar surface area (TPSA) is 38.8 Å². The summed E-state index contributed by atoms with van der Waals surface area (Å²) in [6, 6.07) is 5.30. The number of rotatable bonds is 4. The maximum Gasteiger partial charge on any atom is 0.180 e. The van der Waals surface area contributed by atoms with E-state index in [1.54, 1.807) is 32.4 Å². The van der Waals surface area contributed by atoms with Crippen LogP contribution in [0.3, 0.4) is 0 Å². The molecule has 1 saturated heterocycles. The van der Waals surface area contributed by atoms with Gasteiger partial charge >= 0.3 is 0 Å². The fourth-order valence-electron chi connectivity index (χ4n) is 2.14. The lowest BCUT2D eigenvalue weighted by Gasteiger charge is -2.30. The van der Waals surface area contributed by atoms with E-state index in [-0.39, 0.29) is 11.8 Å². The average Bonchev–Trinajstić information content (AvgIpc) is 2.46. The van der Waals surface area contributed by atoms with E-state index in [9.17, 15) is 4.79 Å². The standard InChI is InChI=1S/C14H19NO3S/c1-15-6-7-19-9-11(15)14(16)10-4-5-12(17-2)13(8-10)18-3/h4-5,8,11H,6-7,9H2,1-3H3. The summed E-state index contributed by atoms with van der Waals surface area (Å²) in [5.41, 5.74) is 0.678. The summed E-state index contributed by atoms with van der Waals surface area (Å²) in [6.07, 6.45) is 0. The molecule has 1 unspecified atom stereocenters. The van der Waals surface area contributed by atoms with Gasteiger partial charge < -0.3 is 9.47 Å². The highest BCUT2D eigenvalue weighted by atomic mass is 32.2. The molecule has 1 atom stereocenters. The molecule has 0 radical (unpaired) electrons. The molecule has 0 amide bonds. The minimum absolute atomic E-state index is 0.0446. The normalized spacial score (nSPS) is 20.1. The highest BCUT2D eigenvalue weighted by Crippen LogP contribution is 2.29. The molecule has 1 aromatic rings. The summed E-state index contributed by atoms with van der Waals surface area (Å²) in [6.45, 7) is 0.953. The molecule has 4 nitrogen and oxygen atoms in total. The predicted octanol–water partition coefficient (Wildman–Crippen LogP) is 1.93. The smallest absolute Gasteiger partial charge is 0.180 e. The maximum absolute atomic E-state index is 12.5. The monoisotopic (exact) mass is 281 g/mol. The van der Waals surface area contributed by atoms with E-state index in [0.29, 0.717) is 17.1 Å². The molecule has 2 rings (SSSR count). The highest BCUT2D eigenvalue weighted by Gasteiger charge is 2.27. The van der Waals surface area contributed by atoms with Crippen molar-refractivity contribution in [3.63, 3.8) is 0 Å². The van der Waals surface area contributed by atoms with E-state index in [1.165, 1.54) is 0 Å². The van der Waals surface area contributed by atoms with Gasteiger partial charge in [-0.2, -0.15) is 11.8 Å². The van der Waals surface area contributed by atoms with Gasteiger partial charge in [0.1, 0.15) is 0 Å². The number of hydrogen-bond acceptors (Lipinski definition) is 5. The summed E-state index contributed by atoms with van der Waals surface area (Å²) in [7, 11) is 5.17. The van der Waals surface area contributed by atoms with Gasteiger partial charge in [-0.3, -0.25) is 9.69 Å². The van der Waals surface area contributed by atoms with E-state index in [4.69, 9.17) is 9.47 Å². The van der Waals surface area contributed by atoms with Crippen LogP contribution in [0, 0.1) is 0 Å². The molecular formula is C14H19NO3S. The van der Waals surface area contributed by atoms with E-state index in [2.05, 4.69) is 4.90 Å². The molecule has 0 saturated carbocycles. The first-order valence-corrected chi connectivity index (χ1v) is 7.37. The van der Waals surface area contributed by atoms with Gasteiger partial charge in [0.2, 0.25) is 0 Å². The van der Waals surface area contributed by atoms with Crippen molar-refractivity contribution in [2.45, 2.75) is 6.04 Å². The first-order chi connectivity index (χ1) is 9.17. The first kappa shape index (κ1) is 14.2. The Kier molecular flexibility index (Phi) is 4.71. The van der Waals surface area contributed by atoms with Crippen LogP contribution in [-0.2, 0) is 0 Å². The van der Waals surface area contributed by atoms with E-state index in [0.717, 1.165) is 18.1 Å². The Morgan fingerprint density at radius 3 is 2.68 bits per heavy atom. The third-order valence-corrected chi connectivity index (χ3v) is 4.39. The SMILES string of the molecule is COc1ccc(C(=O)C2CSCCN2C)cc1OC. The molecule has 0 aromatic heterocycles. The Hall–Kier alpha value is -1.20. The molecular weight excluding hydrogens is 262 g/mol. The van der Waals surface area contributed by atoms with E-state index >= 15 is 0 Å². The lowest BCUT2D eigenvalue weighted by molar-refractivity contribution is 0.0874. The Balaban J connectivity index is 2.23. The zero-order chi connectivity index (χ0) is 13.8. The molecule has 1 aliphatic rings. The van der Waals surface area contributed by atoms with Crippen molar-refractivity contribution < 1.29 is 14.3 Å². The predicted molar refractivity (Wildman–Crippen MR) is 77.6 cm³/mol. The van der Waals surface area contributed by atoms with Crippen molar-refractivity contribution >= 4 is 17.5 Å². The largest absolute Gasteiger partial charge is 0.493 e. The van der Waals surface area contributed by atoms with Crippen LogP contribution >= 0.6 is 11.8 Å². The van der Waals surface area contributed by atoms with Gasteiger partial charge in [-0.15, -0.1) is 0 Å². The third kappa shape index (κ3) is 3.04. The van der Waals surface area contributed by atoms with Crippen LogP contribution in [0.25, 0.3) is 0 Å². The third-order valence-electron chi connectivity index (χ3n) is 3.37. The summed E-state index contributed by atoms with van der Waals surface area (Å²) >= 11 is 1.83. The quantitative estimate of drug-likeness (QED) is 0.789. The minimum atomic E-state index is -0.0446. The van der Waals surface area contributed by atoms with Gasteiger partial charge in [0.15, 0.2) is 17.3 Å². The number of ether oxygens (including phenoxy) is 2. The van der Waals surface area contributed by atoms with E-state index < -0.39 is 0 Å². The summed E-state index contributed by atoms with van der Waals surface area (Å²) in [5.74, 6) is 3.33. The average molecular weight is 281 g/mol. The van der Waals surface area contributed by atoms with Crippen molar-refractivity contribution in [2.24, 2.45) is 0 Å². The van der Waals surface area contributed by atoms with Gasteiger partial charge in [0, 0.05) is 23.6 Å². The maximum atomic E-state index is 12.5. The zero-order valence-corrected chi connectivity index (χ0v) is 12.3. The number of likely N-dealkylation sites (N-methyl/N-ethyl adjacent to an activating group) is 1. The fourth-order valence-corrected chi connectivity index (χ4v) is 3.36. The number of nitrogens with zero attached hydrogens (tertiary/aromatic N) is 1. The molecule has 1 fully saturated rings. The Bertz CT molecular complexity index is 464. The molecule has 19 heavy (non-hydrogen) atoms. The molecule has 104 valence electrons. The lowest BCUT2D eigenvalue weighted by Crippen LogP contribution is -2.44. The lowest BCUT2D eigenvalue weighted by atomic mass is 10.0. The second-order valence-corrected chi connectivity index (χ2v) is 5.66. The van der Waals surface area contributed by atoms with Crippen LogP contribution in [0.5, 0.6) is 11.5 Å². The fraction of sp³-hybridized carbons (Fsp3) is 0.500. The number of hydrogen-bond donors (Lipinski definition) is 0. The van der Waals surface area contributed by atoms with Gasteiger partial charge in [0.25, 0.3) is 0 Å². The number of carbonyl (C=O) groups excluding carboxylic acids is 1. The Morgan fingerprint density at radius 1 is 1.32 bits per heavy atom. The van der Waals surface area contributed by atoms with Gasteiger partial charge in [-0.25, -0.2) is 0 Å². The van der Waals surface area contributed by atoms with Crippen LogP contribution in [-0.4, -0.2) is 56.0 Å². The first-order valence-electron chi connectivity index (χ1n) is 6.21. The molecule has 1 aliphatic heterocycles. The molecule has 1 aromatic carbocycles. The number of methoxy groups -OCH3 is 2. The number of carbonyl (C=O) groups is 1. The molecule has 0 spiro atoms. The van der Waals surface area contributed by atoms with Crippen molar-refractivity contribution in [3.05, 3.63) is 23.8 Å². The van der Waals surface area contributed by atoms with Gasteiger partial charge in [-0.05, 0) is 25.2 Å².